The molecule has 2 rings (SSSR count). The van der Waals surface area contributed by atoms with Gasteiger partial charge in [0.25, 0.3) is 17.5 Å². The molecule has 0 spiro atoms. The number of nitro benzene ring substituents is 1. The Labute approximate surface area is 117 Å². The number of halogens is 2. The molecule has 0 N–H and O–H groups in total. The van der Waals surface area contributed by atoms with Crippen LogP contribution < -0.4 is 4.90 Å². The highest BCUT2D eigenvalue weighted by atomic mass is 35.5. The molecule has 1 heterocycles. The van der Waals surface area contributed by atoms with Crippen molar-refractivity contribution in [1.82, 2.24) is 0 Å². The maximum Gasteiger partial charge on any atom is 0.278 e. The van der Waals surface area contributed by atoms with E-state index in [-0.39, 0.29) is 16.9 Å². The highest BCUT2D eigenvalue weighted by Crippen LogP contribution is 2.35. The monoisotopic (exact) mass is 300 g/mol. The van der Waals surface area contributed by atoms with Gasteiger partial charge < -0.3 is 0 Å². The van der Waals surface area contributed by atoms with Crippen LogP contribution in [0, 0.1) is 17.0 Å². The van der Waals surface area contributed by atoms with E-state index in [1.54, 1.807) is 0 Å². The number of amides is 2. The Bertz CT molecular complexity index is 630. The highest BCUT2D eigenvalue weighted by Gasteiger charge is 2.39. The molecule has 0 aromatic heterocycles. The Kier molecular flexibility index (Phi) is 3.30. The van der Waals surface area contributed by atoms with Crippen LogP contribution in [0.15, 0.2) is 28.3 Å². The Hall–Kier alpha value is -1.92. The van der Waals surface area contributed by atoms with E-state index in [4.69, 9.17) is 23.2 Å². The summed E-state index contributed by atoms with van der Waals surface area (Å²) in [7, 11) is 0. The van der Waals surface area contributed by atoms with Gasteiger partial charge in [-0.1, -0.05) is 29.3 Å². The van der Waals surface area contributed by atoms with E-state index in [9.17, 15) is 19.7 Å². The fourth-order valence-corrected chi connectivity index (χ4v) is 2.08. The van der Waals surface area contributed by atoms with Gasteiger partial charge in [0.05, 0.1) is 16.2 Å². The third kappa shape index (κ3) is 1.98. The SMILES string of the molecule is Cc1c(N2C(=O)C(Cl)=C(Cl)C2=O)cccc1[N+](=O)[O-]. The second kappa shape index (κ2) is 4.64. The Morgan fingerprint density at radius 3 is 2.16 bits per heavy atom. The summed E-state index contributed by atoms with van der Waals surface area (Å²) in [5.41, 5.74) is 0.0836. The zero-order valence-corrected chi connectivity index (χ0v) is 11.0. The van der Waals surface area contributed by atoms with Crippen LogP contribution in [0.5, 0.6) is 0 Å². The number of hydrogen-bond donors (Lipinski definition) is 0. The lowest BCUT2D eigenvalue weighted by Gasteiger charge is -2.16. The summed E-state index contributed by atoms with van der Waals surface area (Å²) in [6.07, 6.45) is 0. The molecule has 1 aliphatic rings. The fraction of sp³-hybridized carbons (Fsp3) is 0.0909. The lowest BCUT2D eigenvalue weighted by atomic mass is 10.1. The van der Waals surface area contributed by atoms with Crippen molar-refractivity contribution in [2.24, 2.45) is 0 Å². The van der Waals surface area contributed by atoms with E-state index in [0.717, 1.165) is 4.90 Å². The van der Waals surface area contributed by atoms with Gasteiger partial charge in [-0.3, -0.25) is 19.7 Å². The number of anilines is 1. The molecule has 0 bridgehead atoms. The average Bonchev–Trinajstić information content (AvgIpc) is 2.55. The van der Waals surface area contributed by atoms with E-state index in [1.807, 2.05) is 0 Å². The topological polar surface area (TPSA) is 80.5 Å². The van der Waals surface area contributed by atoms with E-state index in [2.05, 4.69) is 0 Å². The number of imide groups is 1. The number of nitro groups is 1. The number of rotatable bonds is 2. The van der Waals surface area contributed by atoms with Crippen molar-refractivity contribution < 1.29 is 14.5 Å². The lowest BCUT2D eigenvalue weighted by Crippen LogP contribution is -2.31. The molecule has 6 nitrogen and oxygen atoms in total. The van der Waals surface area contributed by atoms with Crippen molar-refractivity contribution in [2.45, 2.75) is 6.92 Å². The first-order valence-electron chi connectivity index (χ1n) is 5.04. The van der Waals surface area contributed by atoms with Crippen molar-refractivity contribution in [3.63, 3.8) is 0 Å². The van der Waals surface area contributed by atoms with Crippen LogP contribution in [-0.2, 0) is 9.59 Å². The van der Waals surface area contributed by atoms with Crippen molar-refractivity contribution in [3.05, 3.63) is 43.9 Å². The van der Waals surface area contributed by atoms with E-state index < -0.39 is 26.8 Å². The third-order valence-electron chi connectivity index (χ3n) is 2.69. The molecule has 1 aromatic rings. The molecule has 1 aromatic carbocycles. The maximum atomic E-state index is 11.8. The molecule has 98 valence electrons. The number of nitrogens with zero attached hydrogens (tertiary/aromatic N) is 2. The quantitative estimate of drug-likeness (QED) is 0.477. The molecular weight excluding hydrogens is 295 g/mol. The standard InChI is InChI=1S/C11H6Cl2N2O4/c1-5-6(3-2-4-7(5)15(18)19)14-10(16)8(12)9(13)11(14)17/h2-4H,1H3. The van der Waals surface area contributed by atoms with E-state index in [1.165, 1.54) is 25.1 Å². The summed E-state index contributed by atoms with van der Waals surface area (Å²) in [6, 6.07) is 4.07. The molecule has 2 amide bonds. The summed E-state index contributed by atoms with van der Waals surface area (Å²) in [5.74, 6) is -1.58. The van der Waals surface area contributed by atoms with Crippen molar-refractivity contribution in [3.8, 4) is 0 Å². The second-order valence-corrected chi connectivity index (χ2v) is 4.51. The minimum absolute atomic E-state index is 0.0954. The average molecular weight is 301 g/mol. The number of benzene rings is 1. The number of carbonyl (C=O) groups excluding carboxylic acids is 2. The molecule has 0 aliphatic carbocycles. The first-order valence-corrected chi connectivity index (χ1v) is 5.80. The Morgan fingerprint density at radius 2 is 1.68 bits per heavy atom. The molecule has 0 unspecified atom stereocenters. The first-order chi connectivity index (χ1) is 8.86. The van der Waals surface area contributed by atoms with Gasteiger partial charge in [-0.2, -0.15) is 0 Å². The molecule has 19 heavy (non-hydrogen) atoms. The van der Waals surface area contributed by atoms with Crippen molar-refractivity contribution >= 4 is 46.4 Å². The van der Waals surface area contributed by atoms with Crippen LogP contribution in [0.2, 0.25) is 0 Å². The van der Waals surface area contributed by atoms with Gasteiger partial charge in [-0.05, 0) is 13.0 Å². The predicted molar refractivity (Wildman–Crippen MR) is 69.1 cm³/mol. The first kappa shape index (κ1) is 13.5. The number of carbonyl (C=O) groups is 2. The molecule has 1 aliphatic heterocycles. The number of hydrogen-bond acceptors (Lipinski definition) is 4. The zero-order valence-electron chi connectivity index (χ0n) is 9.52. The van der Waals surface area contributed by atoms with Gasteiger partial charge in [0.2, 0.25) is 0 Å². The van der Waals surface area contributed by atoms with Crippen molar-refractivity contribution in [2.75, 3.05) is 4.90 Å². The van der Waals surface area contributed by atoms with Gasteiger partial charge in [-0.15, -0.1) is 0 Å². The molecule has 0 saturated carbocycles. The van der Waals surface area contributed by atoms with E-state index >= 15 is 0 Å². The molecule has 0 fully saturated rings. The van der Waals surface area contributed by atoms with Gasteiger partial charge >= 0.3 is 0 Å². The molecule has 8 heteroatoms. The summed E-state index contributed by atoms with van der Waals surface area (Å²) in [5, 5.41) is 10.1. The lowest BCUT2D eigenvalue weighted by molar-refractivity contribution is -0.385. The van der Waals surface area contributed by atoms with Crippen LogP contribution in [0.1, 0.15) is 5.56 Å². The predicted octanol–water partition coefficient (Wildman–Crippen LogP) is 2.47. The summed E-state index contributed by atoms with van der Waals surface area (Å²) >= 11 is 11.2. The van der Waals surface area contributed by atoms with Crippen molar-refractivity contribution in [1.29, 1.82) is 0 Å². The van der Waals surface area contributed by atoms with Crippen LogP contribution in [0.3, 0.4) is 0 Å². The van der Waals surface area contributed by atoms with E-state index in [0.29, 0.717) is 0 Å². The van der Waals surface area contributed by atoms with Crippen LogP contribution in [0.25, 0.3) is 0 Å². The zero-order chi connectivity index (χ0) is 14.3. The molecular formula is C11H6Cl2N2O4. The molecule has 0 radical (unpaired) electrons. The summed E-state index contributed by atoms with van der Waals surface area (Å²) in [6.45, 7) is 1.44. The maximum absolute atomic E-state index is 11.8. The van der Waals surface area contributed by atoms with Crippen LogP contribution >= 0.6 is 23.2 Å². The third-order valence-corrected chi connectivity index (χ3v) is 3.49. The van der Waals surface area contributed by atoms with Gasteiger partial charge in [0.1, 0.15) is 10.1 Å². The smallest absolute Gasteiger partial charge is 0.267 e. The van der Waals surface area contributed by atoms with Gasteiger partial charge in [-0.25, -0.2) is 4.90 Å². The normalized spacial score (nSPS) is 15.4. The van der Waals surface area contributed by atoms with Crippen LogP contribution in [-0.4, -0.2) is 16.7 Å². The Balaban J connectivity index is 2.57. The highest BCUT2D eigenvalue weighted by molar-refractivity contribution is 6.62. The summed E-state index contributed by atoms with van der Waals surface area (Å²) < 4.78 is 0. The second-order valence-electron chi connectivity index (χ2n) is 3.75. The summed E-state index contributed by atoms with van der Waals surface area (Å²) in [4.78, 5) is 34.6. The minimum atomic E-state index is -0.791. The fourth-order valence-electron chi connectivity index (χ4n) is 1.75. The molecule has 0 saturated heterocycles. The minimum Gasteiger partial charge on any atom is -0.267 e. The van der Waals surface area contributed by atoms with Gasteiger partial charge in [0, 0.05) is 6.07 Å². The van der Waals surface area contributed by atoms with Gasteiger partial charge in [0.15, 0.2) is 0 Å². The van der Waals surface area contributed by atoms with Crippen LogP contribution in [0.4, 0.5) is 11.4 Å². The Morgan fingerprint density at radius 1 is 1.16 bits per heavy atom. The largest absolute Gasteiger partial charge is 0.278 e. The molecule has 0 atom stereocenters.